The molecule has 84 valence electrons. The first-order valence-corrected chi connectivity index (χ1v) is 8.49. The van der Waals surface area contributed by atoms with Gasteiger partial charge >= 0.3 is 6.09 Å². The number of terminal acetylenes is 1. The molecule has 0 aliphatic rings. The van der Waals surface area contributed by atoms with Crippen molar-refractivity contribution in [2.45, 2.75) is 32.2 Å². The Labute approximate surface area is 92.9 Å². The Morgan fingerprint density at radius 3 is 2.60 bits per heavy atom. The maximum atomic E-state index is 11.3. The lowest BCUT2D eigenvalue weighted by atomic mass is 10.5. The number of carbonyl (C=O) groups is 1. The van der Waals surface area contributed by atoms with Crippen LogP contribution in [0.2, 0.25) is 19.6 Å². The van der Waals surface area contributed by atoms with Crippen molar-refractivity contribution < 1.29 is 9.53 Å². The number of ether oxygens (including phenoxy) is 1. The Bertz CT molecular complexity index is 273. The minimum Gasteiger partial charge on any atom is -0.436 e. The number of rotatable bonds is 4. The van der Waals surface area contributed by atoms with Crippen LogP contribution in [0.1, 0.15) is 6.92 Å². The van der Waals surface area contributed by atoms with Crippen molar-refractivity contribution in [2.24, 2.45) is 0 Å². The molecular weight excluding hydrogens is 206 g/mol. The number of alkyl carbamates (subject to hydrolysis) is 1. The van der Waals surface area contributed by atoms with Crippen molar-refractivity contribution in [1.29, 1.82) is 0 Å². The Balaban J connectivity index is 4.31. The number of hydrogen-bond acceptors (Lipinski definition) is 2. The molecule has 0 aromatic rings. The zero-order chi connectivity index (χ0) is 11.9. The van der Waals surface area contributed by atoms with Crippen LogP contribution in [0.15, 0.2) is 12.2 Å². The molecular formula is C11H19NO2Si. The normalized spacial score (nSPS) is 13.3. The first-order chi connectivity index (χ1) is 6.91. The molecule has 0 saturated heterocycles. The summed E-state index contributed by atoms with van der Waals surface area (Å²) in [6.07, 6.45) is 8.47. The van der Waals surface area contributed by atoms with E-state index in [1.54, 1.807) is 0 Å². The zero-order valence-electron chi connectivity index (χ0n) is 9.83. The Morgan fingerprint density at radius 1 is 1.60 bits per heavy atom. The second-order valence-electron chi connectivity index (χ2n) is 4.29. The average molecular weight is 225 g/mol. The van der Waals surface area contributed by atoms with Gasteiger partial charge in [0.2, 0.25) is 0 Å². The van der Waals surface area contributed by atoms with Crippen LogP contribution in [-0.4, -0.2) is 26.4 Å². The monoisotopic (exact) mass is 225 g/mol. The van der Waals surface area contributed by atoms with Gasteiger partial charge in [-0.1, -0.05) is 37.7 Å². The molecule has 0 unspecified atom stereocenters. The summed E-state index contributed by atoms with van der Waals surface area (Å²) in [6.45, 7) is 8.49. The van der Waals surface area contributed by atoms with Crippen LogP contribution in [0, 0.1) is 12.3 Å². The number of allylic oxidation sites excluding steroid dienone is 1. The van der Waals surface area contributed by atoms with E-state index in [0.717, 1.165) is 0 Å². The molecule has 0 aliphatic heterocycles. The molecule has 0 bridgehead atoms. The highest BCUT2D eigenvalue weighted by Gasteiger charge is 2.26. The van der Waals surface area contributed by atoms with Crippen molar-refractivity contribution in [3.05, 3.63) is 12.2 Å². The van der Waals surface area contributed by atoms with Gasteiger partial charge < -0.3 is 10.1 Å². The Kier molecular flexibility index (Phi) is 5.79. The average Bonchev–Trinajstić information content (AvgIpc) is 2.12. The summed E-state index contributed by atoms with van der Waals surface area (Å²) < 4.78 is 4.77. The van der Waals surface area contributed by atoms with Crippen LogP contribution >= 0.6 is 0 Å². The molecule has 0 radical (unpaired) electrons. The third-order valence-corrected chi connectivity index (χ3v) is 4.08. The maximum absolute atomic E-state index is 11.3. The fourth-order valence-electron chi connectivity index (χ4n) is 1.02. The molecule has 0 aromatic heterocycles. The molecule has 0 spiro atoms. The molecule has 4 heteroatoms. The first kappa shape index (κ1) is 13.8. The highest BCUT2D eigenvalue weighted by molar-refractivity contribution is 6.78. The SMILES string of the molecule is C#CCOC(=O)N[C@@H](/C=C/C)[Si](C)(C)C. The quantitative estimate of drug-likeness (QED) is 0.452. The van der Waals surface area contributed by atoms with E-state index in [0.29, 0.717) is 0 Å². The summed E-state index contributed by atoms with van der Waals surface area (Å²) in [5.41, 5.74) is 0.0766. The second kappa shape index (κ2) is 6.30. The van der Waals surface area contributed by atoms with E-state index in [2.05, 4.69) is 30.9 Å². The van der Waals surface area contributed by atoms with Crippen LogP contribution in [0.5, 0.6) is 0 Å². The molecule has 0 fully saturated rings. The summed E-state index contributed by atoms with van der Waals surface area (Å²) in [5.74, 6) is 2.25. The van der Waals surface area contributed by atoms with E-state index < -0.39 is 14.2 Å². The lowest BCUT2D eigenvalue weighted by Crippen LogP contribution is -2.49. The second-order valence-corrected chi connectivity index (χ2v) is 9.65. The zero-order valence-corrected chi connectivity index (χ0v) is 10.8. The van der Waals surface area contributed by atoms with Gasteiger partial charge in [-0.25, -0.2) is 4.79 Å². The van der Waals surface area contributed by atoms with Gasteiger partial charge in [0.1, 0.15) is 0 Å². The molecule has 15 heavy (non-hydrogen) atoms. The molecule has 1 atom stereocenters. The fourth-order valence-corrected chi connectivity index (χ4v) is 2.34. The topological polar surface area (TPSA) is 38.3 Å². The Morgan fingerprint density at radius 2 is 2.20 bits per heavy atom. The smallest absolute Gasteiger partial charge is 0.408 e. The lowest BCUT2D eigenvalue weighted by molar-refractivity contribution is 0.160. The fraction of sp³-hybridized carbons (Fsp3) is 0.545. The van der Waals surface area contributed by atoms with Crippen LogP contribution in [0.3, 0.4) is 0 Å². The maximum Gasteiger partial charge on any atom is 0.408 e. The minimum absolute atomic E-state index is 0.0140. The number of hydrogen-bond donors (Lipinski definition) is 1. The predicted molar refractivity (Wildman–Crippen MR) is 65.3 cm³/mol. The van der Waals surface area contributed by atoms with E-state index in [1.807, 2.05) is 19.1 Å². The van der Waals surface area contributed by atoms with Crippen LogP contribution < -0.4 is 5.32 Å². The molecule has 0 rings (SSSR count). The summed E-state index contributed by atoms with van der Waals surface area (Å²) in [5, 5.41) is 2.81. The standard InChI is InChI=1S/C11H19NO2Si/c1-6-8-10(15(3,4)5)12-11(13)14-9-7-2/h2,6,8,10H,9H2,1,3-5H3,(H,12,13)/b8-6+/t10-/m1/s1. The lowest BCUT2D eigenvalue weighted by Gasteiger charge is -2.26. The van der Waals surface area contributed by atoms with Gasteiger partial charge in [0.05, 0.1) is 8.07 Å². The van der Waals surface area contributed by atoms with Crippen LogP contribution in [-0.2, 0) is 4.74 Å². The summed E-state index contributed by atoms with van der Waals surface area (Å²) in [4.78, 5) is 11.3. The third kappa shape index (κ3) is 5.97. The first-order valence-electron chi connectivity index (χ1n) is 4.91. The summed E-state index contributed by atoms with van der Waals surface area (Å²) >= 11 is 0. The van der Waals surface area contributed by atoms with E-state index >= 15 is 0 Å². The molecule has 1 N–H and O–H groups in total. The number of amides is 1. The highest BCUT2D eigenvalue weighted by Crippen LogP contribution is 2.09. The summed E-state index contributed by atoms with van der Waals surface area (Å²) in [6, 6.07) is 0. The largest absolute Gasteiger partial charge is 0.436 e. The molecule has 0 aromatic carbocycles. The minimum atomic E-state index is -1.46. The molecule has 3 nitrogen and oxygen atoms in total. The third-order valence-electron chi connectivity index (χ3n) is 1.88. The van der Waals surface area contributed by atoms with Gasteiger partial charge in [-0.05, 0) is 6.92 Å². The van der Waals surface area contributed by atoms with E-state index in [9.17, 15) is 4.79 Å². The highest BCUT2D eigenvalue weighted by atomic mass is 28.3. The van der Waals surface area contributed by atoms with Crippen LogP contribution in [0.4, 0.5) is 4.79 Å². The van der Waals surface area contributed by atoms with Crippen molar-refractivity contribution in [2.75, 3.05) is 6.61 Å². The molecule has 0 saturated carbocycles. The van der Waals surface area contributed by atoms with Crippen molar-refractivity contribution >= 4 is 14.2 Å². The molecule has 1 amide bonds. The van der Waals surface area contributed by atoms with Gasteiger partial charge in [-0.2, -0.15) is 0 Å². The van der Waals surface area contributed by atoms with Gasteiger partial charge in [-0.3, -0.25) is 0 Å². The van der Waals surface area contributed by atoms with Crippen molar-refractivity contribution in [1.82, 2.24) is 5.32 Å². The summed E-state index contributed by atoms with van der Waals surface area (Å²) in [7, 11) is -1.46. The Hall–Kier alpha value is -1.21. The van der Waals surface area contributed by atoms with Crippen LogP contribution in [0.25, 0.3) is 0 Å². The van der Waals surface area contributed by atoms with Gasteiger partial charge in [-0.15, -0.1) is 6.42 Å². The van der Waals surface area contributed by atoms with Crippen molar-refractivity contribution in [3.63, 3.8) is 0 Å². The van der Waals surface area contributed by atoms with E-state index in [1.165, 1.54) is 0 Å². The van der Waals surface area contributed by atoms with E-state index in [4.69, 9.17) is 11.2 Å². The van der Waals surface area contributed by atoms with E-state index in [-0.39, 0.29) is 12.3 Å². The molecule has 0 aliphatic carbocycles. The number of carbonyl (C=O) groups excluding carboxylic acids is 1. The molecule has 0 heterocycles. The van der Waals surface area contributed by atoms with Gasteiger partial charge in [0.15, 0.2) is 6.61 Å². The van der Waals surface area contributed by atoms with Gasteiger partial charge in [0.25, 0.3) is 0 Å². The van der Waals surface area contributed by atoms with Gasteiger partial charge in [0, 0.05) is 5.67 Å². The van der Waals surface area contributed by atoms with Crippen molar-refractivity contribution in [3.8, 4) is 12.3 Å². The predicted octanol–water partition coefficient (Wildman–Crippen LogP) is 2.17. The number of nitrogens with one attached hydrogen (secondary N) is 1.